The van der Waals surface area contributed by atoms with Crippen molar-refractivity contribution in [2.24, 2.45) is 5.92 Å². The molecule has 7 heteroatoms. The summed E-state index contributed by atoms with van der Waals surface area (Å²) in [7, 11) is 0. The first-order chi connectivity index (χ1) is 10.1. The minimum absolute atomic E-state index is 0.0923. The van der Waals surface area contributed by atoms with Crippen LogP contribution in [0.5, 0.6) is 0 Å². The average Bonchev–Trinajstić information content (AvgIpc) is 2.84. The molecule has 2 aliphatic rings. The summed E-state index contributed by atoms with van der Waals surface area (Å²) in [5.41, 5.74) is 0. The van der Waals surface area contributed by atoms with Crippen LogP contribution in [-0.4, -0.2) is 48.0 Å². The van der Waals surface area contributed by atoms with Crippen LogP contribution in [0.4, 0.5) is 5.82 Å². The zero-order valence-electron chi connectivity index (χ0n) is 11.6. The quantitative estimate of drug-likeness (QED) is 0.891. The molecular weight excluding hydrogens is 311 g/mol. The van der Waals surface area contributed by atoms with E-state index < -0.39 is 0 Å². The lowest BCUT2D eigenvalue weighted by atomic mass is 9.94. The molecule has 2 atom stereocenters. The molecule has 21 heavy (non-hydrogen) atoms. The molecule has 114 valence electrons. The third-order valence-electron chi connectivity index (χ3n) is 4.11. The van der Waals surface area contributed by atoms with Crippen LogP contribution in [0.3, 0.4) is 0 Å². The number of nitrogens with one attached hydrogen (secondary N) is 2. The normalized spacial score (nSPS) is 25.6. The number of hydrogen-bond acceptors (Lipinski definition) is 4. The van der Waals surface area contributed by atoms with Gasteiger partial charge in [0.15, 0.2) is 5.82 Å². The highest BCUT2D eigenvalue weighted by molar-refractivity contribution is 6.36. The largest absolute Gasteiger partial charge is 0.312 e. The van der Waals surface area contributed by atoms with Crippen molar-refractivity contribution < 1.29 is 4.79 Å². The number of carbonyl (C=O) groups excluding carboxylic acids is 1. The summed E-state index contributed by atoms with van der Waals surface area (Å²) in [5, 5.41) is 7.08. The van der Waals surface area contributed by atoms with Crippen LogP contribution in [0.25, 0.3) is 0 Å². The third-order valence-corrected chi connectivity index (χ3v) is 4.60. The maximum absolute atomic E-state index is 12.1. The van der Waals surface area contributed by atoms with E-state index in [9.17, 15) is 4.79 Å². The molecule has 1 amide bonds. The number of halogens is 2. The molecule has 0 saturated carbocycles. The van der Waals surface area contributed by atoms with Gasteiger partial charge >= 0.3 is 0 Å². The van der Waals surface area contributed by atoms with Crippen LogP contribution in [0.1, 0.15) is 12.8 Å². The standard InChI is InChI=1S/C14H18Cl2N4O/c15-10-4-11(16)14(18-5-10)19-13(21)8-20-6-9-2-1-3-17-12(9)7-20/h4-5,9,12,17H,1-3,6-8H2,(H,18,19,21)/t9-,12+/m0/s1. The molecule has 5 nitrogen and oxygen atoms in total. The van der Waals surface area contributed by atoms with Crippen molar-refractivity contribution >= 4 is 34.9 Å². The van der Waals surface area contributed by atoms with Gasteiger partial charge in [-0.3, -0.25) is 9.69 Å². The summed E-state index contributed by atoms with van der Waals surface area (Å²) in [4.78, 5) is 18.3. The molecule has 0 unspecified atom stereocenters. The van der Waals surface area contributed by atoms with Crippen molar-refractivity contribution in [2.45, 2.75) is 18.9 Å². The Morgan fingerprint density at radius 2 is 2.33 bits per heavy atom. The molecule has 2 N–H and O–H groups in total. The lowest BCUT2D eigenvalue weighted by molar-refractivity contribution is -0.117. The molecule has 0 radical (unpaired) electrons. The SMILES string of the molecule is O=C(CN1C[C@@H]2CCCN[C@@H]2C1)Nc1ncc(Cl)cc1Cl. The Balaban J connectivity index is 1.55. The molecule has 0 aliphatic carbocycles. The summed E-state index contributed by atoms with van der Waals surface area (Å²) in [5.74, 6) is 0.940. The lowest BCUT2D eigenvalue weighted by Crippen LogP contribution is -2.41. The Hall–Kier alpha value is -0.880. The lowest BCUT2D eigenvalue weighted by Gasteiger charge is -2.24. The summed E-state index contributed by atoms with van der Waals surface area (Å²) in [6.07, 6.45) is 3.95. The number of rotatable bonds is 3. The fourth-order valence-electron chi connectivity index (χ4n) is 3.15. The second kappa shape index (κ2) is 6.48. The molecule has 0 aromatic carbocycles. The second-order valence-electron chi connectivity index (χ2n) is 5.69. The molecular formula is C14H18Cl2N4O. The molecule has 3 rings (SSSR count). The van der Waals surface area contributed by atoms with E-state index in [-0.39, 0.29) is 5.91 Å². The monoisotopic (exact) mass is 328 g/mol. The van der Waals surface area contributed by atoms with Crippen LogP contribution < -0.4 is 10.6 Å². The fourth-order valence-corrected chi connectivity index (χ4v) is 3.57. The van der Waals surface area contributed by atoms with Crippen LogP contribution in [0, 0.1) is 5.92 Å². The average molecular weight is 329 g/mol. The van der Waals surface area contributed by atoms with Crippen LogP contribution in [0.2, 0.25) is 10.0 Å². The van der Waals surface area contributed by atoms with E-state index >= 15 is 0 Å². The first-order valence-electron chi connectivity index (χ1n) is 7.18. The maximum atomic E-state index is 12.1. The van der Waals surface area contributed by atoms with Gasteiger partial charge in [0.2, 0.25) is 5.91 Å². The number of nitrogens with zero attached hydrogens (tertiary/aromatic N) is 2. The third kappa shape index (κ3) is 3.66. The Kier molecular flexibility index (Phi) is 4.64. The molecule has 0 bridgehead atoms. The highest BCUT2D eigenvalue weighted by Gasteiger charge is 2.34. The van der Waals surface area contributed by atoms with Crippen molar-refractivity contribution in [3.63, 3.8) is 0 Å². The number of likely N-dealkylation sites (tertiary alicyclic amines) is 1. The van der Waals surface area contributed by atoms with Crippen molar-refractivity contribution in [3.8, 4) is 0 Å². The number of anilines is 1. The molecule has 2 saturated heterocycles. The number of hydrogen-bond donors (Lipinski definition) is 2. The van der Waals surface area contributed by atoms with Crippen molar-refractivity contribution in [1.29, 1.82) is 0 Å². The predicted molar refractivity (Wildman–Crippen MR) is 83.8 cm³/mol. The molecule has 3 heterocycles. The van der Waals surface area contributed by atoms with Gasteiger partial charge in [-0.25, -0.2) is 4.98 Å². The van der Waals surface area contributed by atoms with E-state index in [0.717, 1.165) is 19.6 Å². The Bertz CT molecular complexity index is 526. The first kappa shape index (κ1) is 15.0. The molecule has 1 aromatic heterocycles. The zero-order valence-corrected chi connectivity index (χ0v) is 13.1. The van der Waals surface area contributed by atoms with Gasteiger partial charge in [-0.05, 0) is 31.4 Å². The van der Waals surface area contributed by atoms with Crippen LogP contribution in [-0.2, 0) is 4.79 Å². The number of amides is 1. The molecule has 1 aromatic rings. The Morgan fingerprint density at radius 1 is 1.48 bits per heavy atom. The van der Waals surface area contributed by atoms with E-state index in [2.05, 4.69) is 20.5 Å². The van der Waals surface area contributed by atoms with Gasteiger partial charge in [0, 0.05) is 25.3 Å². The maximum Gasteiger partial charge on any atom is 0.239 e. The van der Waals surface area contributed by atoms with E-state index in [1.807, 2.05) is 0 Å². The van der Waals surface area contributed by atoms with Crippen molar-refractivity contribution in [2.75, 3.05) is 31.5 Å². The van der Waals surface area contributed by atoms with E-state index in [1.54, 1.807) is 6.07 Å². The minimum atomic E-state index is -0.0923. The van der Waals surface area contributed by atoms with Crippen LogP contribution in [0.15, 0.2) is 12.3 Å². The summed E-state index contributed by atoms with van der Waals surface area (Å²) in [6.45, 7) is 3.37. The smallest absolute Gasteiger partial charge is 0.239 e. The van der Waals surface area contributed by atoms with Gasteiger partial charge in [-0.2, -0.15) is 0 Å². The number of aromatic nitrogens is 1. The molecule has 2 aliphatic heterocycles. The van der Waals surface area contributed by atoms with E-state index in [1.165, 1.54) is 19.0 Å². The first-order valence-corrected chi connectivity index (χ1v) is 7.94. The van der Waals surface area contributed by atoms with E-state index in [0.29, 0.717) is 34.4 Å². The zero-order chi connectivity index (χ0) is 14.8. The van der Waals surface area contributed by atoms with Gasteiger partial charge in [0.1, 0.15) is 0 Å². The topological polar surface area (TPSA) is 57.3 Å². The minimum Gasteiger partial charge on any atom is -0.312 e. The van der Waals surface area contributed by atoms with Gasteiger partial charge in [-0.1, -0.05) is 23.2 Å². The number of piperidine rings is 1. The van der Waals surface area contributed by atoms with Gasteiger partial charge in [0.05, 0.1) is 16.6 Å². The summed E-state index contributed by atoms with van der Waals surface area (Å²) < 4.78 is 0. The van der Waals surface area contributed by atoms with E-state index in [4.69, 9.17) is 23.2 Å². The number of pyridine rings is 1. The predicted octanol–water partition coefficient (Wildman–Crippen LogP) is 2.01. The van der Waals surface area contributed by atoms with Gasteiger partial charge < -0.3 is 10.6 Å². The fraction of sp³-hybridized carbons (Fsp3) is 0.571. The summed E-state index contributed by atoms with van der Waals surface area (Å²) in [6, 6.07) is 2.10. The Morgan fingerprint density at radius 3 is 3.10 bits per heavy atom. The number of carbonyl (C=O) groups is 1. The van der Waals surface area contributed by atoms with Crippen LogP contribution >= 0.6 is 23.2 Å². The summed E-state index contributed by atoms with van der Waals surface area (Å²) >= 11 is 11.8. The molecule has 0 spiro atoms. The van der Waals surface area contributed by atoms with Gasteiger partial charge in [0.25, 0.3) is 0 Å². The van der Waals surface area contributed by atoms with Crippen molar-refractivity contribution in [3.05, 3.63) is 22.3 Å². The Labute approximate surface area is 134 Å². The molecule has 2 fully saturated rings. The van der Waals surface area contributed by atoms with Crippen molar-refractivity contribution in [1.82, 2.24) is 15.2 Å². The second-order valence-corrected chi connectivity index (χ2v) is 6.53. The van der Waals surface area contributed by atoms with Gasteiger partial charge in [-0.15, -0.1) is 0 Å². The highest BCUT2D eigenvalue weighted by atomic mass is 35.5. The highest BCUT2D eigenvalue weighted by Crippen LogP contribution is 2.25. The number of fused-ring (bicyclic) bond motifs is 1.